The summed E-state index contributed by atoms with van der Waals surface area (Å²) in [7, 11) is 0. The van der Waals surface area contributed by atoms with Crippen molar-refractivity contribution in [3.63, 3.8) is 0 Å². The summed E-state index contributed by atoms with van der Waals surface area (Å²) in [6, 6.07) is -0.766. The number of carbonyl (C=O) groups is 1. The van der Waals surface area contributed by atoms with Crippen LogP contribution in [-0.4, -0.2) is 105 Å². The third-order valence-corrected chi connectivity index (χ3v) is 13.1. The second kappa shape index (κ2) is 41.8. The Hall–Kier alpha value is -0.850. The van der Waals surface area contributed by atoms with Crippen LogP contribution < -0.4 is 5.32 Å². The average molecular weight is 872 g/mol. The number of hydrogen-bond donors (Lipinski definition) is 7. The van der Waals surface area contributed by atoms with Gasteiger partial charge in [0.1, 0.15) is 24.4 Å². The Kier molecular flexibility index (Phi) is 39.9. The average Bonchev–Trinajstić information content (AvgIpc) is 3.26. The molecule has 0 aliphatic carbocycles. The van der Waals surface area contributed by atoms with E-state index in [9.17, 15) is 35.4 Å². The molecule has 0 aromatic rings. The third kappa shape index (κ3) is 31.6. The van der Waals surface area contributed by atoms with Gasteiger partial charge >= 0.3 is 0 Å². The molecule has 1 aliphatic rings. The van der Waals surface area contributed by atoms with Crippen molar-refractivity contribution in [2.75, 3.05) is 19.8 Å². The molecule has 0 spiro atoms. The summed E-state index contributed by atoms with van der Waals surface area (Å²) in [5.74, 6) is -0.177. The van der Waals surface area contributed by atoms with Crippen LogP contribution in [0.4, 0.5) is 0 Å². The molecule has 10 nitrogen and oxygen atoms in total. The van der Waals surface area contributed by atoms with Crippen LogP contribution in [0.25, 0.3) is 0 Å². The zero-order valence-electron chi connectivity index (χ0n) is 39.8. The molecule has 1 fully saturated rings. The maximum Gasteiger partial charge on any atom is 0.220 e. The molecule has 7 N–H and O–H groups in total. The number of hydrogen-bond acceptors (Lipinski definition) is 9. The fourth-order valence-electron chi connectivity index (χ4n) is 8.88. The molecule has 10 heteroatoms. The maximum atomic E-state index is 13.1. The van der Waals surface area contributed by atoms with Gasteiger partial charge in [0.2, 0.25) is 5.91 Å². The molecule has 0 radical (unpaired) electrons. The van der Waals surface area contributed by atoms with E-state index in [1.54, 1.807) is 0 Å². The number of carbonyl (C=O) groups excluding carboxylic acids is 1. The Morgan fingerprint density at radius 3 is 1.33 bits per heavy atom. The SMILES string of the molecule is CCCCCCCCCCCCCC[C@@H](O)[C@@H](O)[C@H](CC[C@H]1OC(CO)[C@H](O)C(O)[C@@H]1O)NC(=O)CCCCCCCCCCCCCCCCCCCOCCCCCC. The van der Waals surface area contributed by atoms with Crippen LogP contribution >= 0.6 is 0 Å². The van der Waals surface area contributed by atoms with Crippen LogP contribution in [0.3, 0.4) is 0 Å². The minimum absolute atomic E-state index is 0.158. The smallest absolute Gasteiger partial charge is 0.220 e. The van der Waals surface area contributed by atoms with Crippen LogP contribution in [-0.2, 0) is 14.3 Å². The van der Waals surface area contributed by atoms with Crippen molar-refractivity contribution in [2.45, 2.75) is 300 Å². The highest BCUT2D eigenvalue weighted by atomic mass is 16.5. The van der Waals surface area contributed by atoms with Gasteiger partial charge in [0.15, 0.2) is 0 Å². The van der Waals surface area contributed by atoms with Crippen LogP contribution in [0.5, 0.6) is 0 Å². The van der Waals surface area contributed by atoms with Gasteiger partial charge in [-0.15, -0.1) is 0 Å². The number of rotatable bonds is 45. The Balaban J connectivity index is 2.24. The van der Waals surface area contributed by atoms with Gasteiger partial charge in [0.05, 0.1) is 31.0 Å². The molecule has 0 aromatic heterocycles. The van der Waals surface area contributed by atoms with Crippen molar-refractivity contribution in [2.24, 2.45) is 0 Å². The second-order valence-electron chi connectivity index (χ2n) is 18.8. The summed E-state index contributed by atoms with van der Waals surface area (Å²) in [6.45, 7) is 5.85. The lowest BCUT2D eigenvalue weighted by Gasteiger charge is -2.40. The first kappa shape index (κ1) is 58.2. The maximum absolute atomic E-state index is 13.1. The lowest BCUT2D eigenvalue weighted by atomic mass is 9.90. The number of aliphatic hydroxyl groups is 6. The molecule has 1 heterocycles. The summed E-state index contributed by atoms with van der Waals surface area (Å²) >= 11 is 0. The Morgan fingerprint density at radius 2 is 0.885 bits per heavy atom. The number of amides is 1. The largest absolute Gasteiger partial charge is 0.394 e. The number of unbranched alkanes of at least 4 members (excludes halogenated alkanes) is 30. The van der Waals surface area contributed by atoms with Crippen molar-refractivity contribution in [1.29, 1.82) is 0 Å². The van der Waals surface area contributed by atoms with Gasteiger partial charge in [-0.05, 0) is 38.5 Å². The van der Waals surface area contributed by atoms with Crippen molar-refractivity contribution in [3.05, 3.63) is 0 Å². The lowest BCUT2D eigenvalue weighted by molar-refractivity contribution is -0.231. The van der Waals surface area contributed by atoms with Crippen molar-refractivity contribution < 1.29 is 44.9 Å². The standard InChI is InChI=1S/C51H101NO9/c1-3-5-7-9-10-11-12-20-23-26-29-32-36-44(54)48(56)43(38-39-45-49(57)51(59)50(58)46(42-53)61-45)52-47(55)37-33-30-27-24-21-18-16-14-13-15-17-19-22-25-28-31-35-41-60-40-34-8-6-4-2/h43-46,48-51,53-54,56-59H,3-42H2,1-2H3,(H,52,55)/t43-,44+,45+,46?,48-,49+,50-,51?/m0/s1. The summed E-state index contributed by atoms with van der Waals surface area (Å²) in [6.07, 6.45) is 33.6. The zero-order valence-corrected chi connectivity index (χ0v) is 39.8. The van der Waals surface area contributed by atoms with E-state index >= 15 is 0 Å². The highest BCUT2D eigenvalue weighted by molar-refractivity contribution is 5.76. The third-order valence-electron chi connectivity index (χ3n) is 13.1. The molecule has 364 valence electrons. The first-order chi connectivity index (χ1) is 29.8. The van der Waals surface area contributed by atoms with E-state index in [2.05, 4.69) is 19.2 Å². The lowest BCUT2D eigenvalue weighted by Crippen LogP contribution is -2.59. The van der Waals surface area contributed by atoms with Crippen molar-refractivity contribution in [1.82, 2.24) is 5.32 Å². The van der Waals surface area contributed by atoms with E-state index in [4.69, 9.17) is 9.47 Å². The molecule has 1 saturated heterocycles. The summed E-state index contributed by atoms with van der Waals surface area (Å²) < 4.78 is 11.4. The number of aliphatic hydroxyl groups excluding tert-OH is 6. The summed E-state index contributed by atoms with van der Waals surface area (Å²) in [4.78, 5) is 13.1. The van der Waals surface area contributed by atoms with Crippen LogP contribution in [0.2, 0.25) is 0 Å². The molecule has 0 bridgehead atoms. The van der Waals surface area contributed by atoms with E-state index in [0.29, 0.717) is 12.8 Å². The van der Waals surface area contributed by atoms with Crippen LogP contribution in [0.15, 0.2) is 0 Å². The highest BCUT2D eigenvalue weighted by Crippen LogP contribution is 2.26. The van der Waals surface area contributed by atoms with Gasteiger partial charge in [-0.25, -0.2) is 0 Å². The fourth-order valence-corrected chi connectivity index (χ4v) is 8.88. The fraction of sp³-hybridized carbons (Fsp3) is 0.980. The van der Waals surface area contributed by atoms with E-state index in [1.165, 1.54) is 173 Å². The van der Waals surface area contributed by atoms with Gasteiger partial charge in [0.25, 0.3) is 0 Å². The van der Waals surface area contributed by atoms with Crippen molar-refractivity contribution in [3.8, 4) is 0 Å². The molecule has 1 aliphatic heterocycles. The second-order valence-corrected chi connectivity index (χ2v) is 18.8. The molecule has 0 saturated carbocycles. The van der Waals surface area contributed by atoms with E-state index in [1.807, 2.05) is 0 Å². The normalized spacial score (nSPS) is 20.8. The van der Waals surface area contributed by atoms with Gasteiger partial charge in [0, 0.05) is 19.6 Å². The molecule has 1 rings (SSSR count). The molecular weight excluding hydrogens is 771 g/mol. The minimum Gasteiger partial charge on any atom is -0.394 e. The first-order valence-electron chi connectivity index (χ1n) is 26.3. The van der Waals surface area contributed by atoms with E-state index < -0.39 is 55.4 Å². The quantitative estimate of drug-likeness (QED) is 0.0295. The predicted molar refractivity (Wildman–Crippen MR) is 251 cm³/mol. The molecule has 1 amide bonds. The number of nitrogens with one attached hydrogen (secondary N) is 1. The van der Waals surface area contributed by atoms with Crippen molar-refractivity contribution >= 4 is 5.91 Å². The van der Waals surface area contributed by atoms with Gasteiger partial charge < -0.3 is 45.4 Å². The van der Waals surface area contributed by atoms with E-state index in [0.717, 1.165) is 51.7 Å². The predicted octanol–water partition coefficient (Wildman–Crippen LogP) is 10.5. The monoisotopic (exact) mass is 872 g/mol. The Labute approximate surface area is 375 Å². The zero-order chi connectivity index (χ0) is 44.6. The topological polar surface area (TPSA) is 169 Å². The van der Waals surface area contributed by atoms with E-state index in [-0.39, 0.29) is 18.7 Å². The Morgan fingerprint density at radius 1 is 0.508 bits per heavy atom. The molecular formula is C51H101NO9. The minimum atomic E-state index is -1.48. The summed E-state index contributed by atoms with van der Waals surface area (Å²) in [5.41, 5.74) is 0. The van der Waals surface area contributed by atoms with Gasteiger partial charge in [-0.3, -0.25) is 4.79 Å². The van der Waals surface area contributed by atoms with Gasteiger partial charge in [-0.1, -0.05) is 206 Å². The summed E-state index contributed by atoms with van der Waals surface area (Å²) in [5, 5.41) is 65.8. The molecule has 2 unspecified atom stereocenters. The number of ether oxygens (including phenoxy) is 2. The highest BCUT2D eigenvalue weighted by Gasteiger charge is 2.43. The van der Waals surface area contributed by atoms with Crippen LogP contribution in [0, 0.1) is 0 Å². The molecule has 8 atom stereocenters. The molecule has 0 aromatic carbocycles. The van der Waals surface area contributed by atoms with Crippen LogP contribution in [0.1, 0.15) is 251 Å². The Bertz CT molecular complexity index is 942. The first-order valence-corrected chi connectivity index (χ1v) is 26.3. The molecule has 61 heavy (non-hydrogen) atoms. The van der Waals surface area contributed by atoms with Gasteiger partial charge in [-0.2, -0.15) is 0 Å².